The summed E-state index contributed by atoms with van der Waals surface area (Å²) in [5, 5.41) is 4.36. The number of para-hydroxylation sites is 1. The lowest BCUT2D eigenvalue weighted by Crippen LogP contribution is -2.13. The summed E-state index contributed by atoms with van der Waals surface area (Å²) in [6, 6.07) is 14.3. The van der Waals surface area contributed by atoms with E-state index >= 15 is 0 Å². The van der Waals surface area contributed by atoms with E-state index in [1.54, 1.807) is 30.5 Å². The summed E-state index contributed by atoms with van der Waals surface area (Å²) in [6.07, 6.45) is 1.68. The molecule has 0 saturated heterocycles. The molecule has 0 radical (unpaired) electrons. The maximum atomic E-state index is 12.3. The summed E-state index contributed by atoms with van der Waals surface area (Å²) < 4.78 is 0. The Hall–Kier alpha value is -2.10. The SMILES string of the molecule is O=C(Nc1cccc2cccnc12)c1cccc(Cl)c1Cl. The lowest BCUT2D eigenvalue weighted by atomic mass is 10.1. The number of anilines is 1. The van der Waals surface area contributed by atoms with E-state index in [1.807, 2.05) is 24.3 Å². The molecule has 2 aromatic carbocycles. The van der Waals surface area contributed by atoms with E-state index in [0.717, 1.165) is 10.9 Å². The number of fused-ring (bicyclic) bond motifs is 1. The highest BCUT2D eigenvalue weighted by Crippen LogP contribution is 2.27. The molecule has 1 amide bonds. The number of hydrogen-bond donors (Lipinski definition) is 1. The predicted molar refractivity (Wildman–Crippen MR) is 86.2 cm³/mol. The van der Waals surface area contributed by atoms with Gasteiger partial charge in [-0.2, -0.15) is 0 Å². The van der Waals surface area contributed by atoms with Gasteiger partial charge in [0.1, 0.15) is 0 Å². The molecular weight excluding hydrogens is 307 g/mol. The zero-order valence-corrected chi connectivity index (χ0v) is 12.3. The molecule has 0 saturated carbocycles. The summed E-state index contributed by atoms with van der Waals surface area (Å²) >= 11 is 12.0. The number of rotatable bonds is 2. The highest BCUT2D eigenvalue weighted by atomic mass is 35.5. The number of pyridine rings is 1. The third-order valence-electron chi connectivity index (χ3n) is 3.08. The zero-order chi connectivity index (χ0) is 14.8. The molecule has 1 heterocycles. The van der Waals surface area contributed by atoms with E-state index in [4.69, 9.17) is 23.2 Å². The molecule has 1 aromatic heterocycles. The Kier molecular flexibility index (Phi) is 3.78. The average molecular weight is 317 g/mol. The molecule has 21 heavy (non-hydrogen) atoms. The molecule has 3 nitrogen and oxygen atoms in total. The van der Waals surface area contributed by atoms with Crippen LogP contribution in [0.25, 0.3) is 10.9 Å². The standard InChI is InChI=1S/C16H10Cl2N2O/c17-12-7-2-6-11(14(12)18)16(21)20-13-8-1-4-10-5-3-9-19-15(10)13/h1-9H,(H,20,21). The van der Waals surface area contributed by atoms with Crippen LogP contribution in [0.4, 0.5) is 5.69 Å². The molecule has 0 unspecified atom stereocenters. The van der Waals surface area contributed by atoms with E-state index in [9.17, 15) is 4.79 Å². The van der Waals surface area contributed by atoms with Gasteiger partial charge in [0.2, 0.25) is 0 Å². The van der Waals surface area contributed by atoms with Gasteiger partial charge in [0.25, 0.3) is 5.91 Å². The van der Waals surface area contributed by atoms with Crippen molar-refractivity contribution in [1.82, 2.24) is 4.98 Å². The van der Waals surface area contributed by atoms with E-state index in [2.05, 4.69) is 10.3 Å². The van der Waals surface area contributed by atoms with E-state index in [-0.39, 0.29) is 10.9 Å². The Morgan fingerprint density at radius 1 is 1.00 bits per heavy atom. The number of amides is 1. The summed E-state index contributed by atoms with van der Waals surface area (Å²) in [4.78, 5) is 16.6. The maximum Gasteiger partial charge on any atom is 0.257 e. The second-order valence-electron chi connectivity index (χ2n) is 4.44. The van der Waals surface area contributed by atoms with Crippen LogP contribution < -0.4 is 5.32 Å². The third kappa shape index (κ3) is 2.71. The Balaban J connectivity index is 1.99. The van der Waals surface area contributed by atoms with Crippen molar-refractivity contribution in [1.29, 1.82) is 0 Å². The summed E-state index contributed by atoms with van der Waals surface area (Å²) in [5.41, 5.74) is 1.69. The Labute approximate surface area is 131 Å². The fraction of sp³-hybridized carbons (Fsp3) is 0. The van der Waals surface area contributed by atoms with Gasteiger partial charge in [-0.1, -0.05) is 47.5 Å². The molecule has 0 atom stereocenters. The largest absolute Gasteiger partial charge is 0.320 e. The smallest absolute Gasteiger partial charge is 0.257 e. The van der Waals surface area contributed by atoms with Gasteiger partial charge in [0, 0.05) is 11.6 Å². The van der Waals surface area contributed by atoms with Crippen molar-refractivity contribution >= 4 is 45.7 Å². The number of carbonyl (C=O) groups is 1. The fourth-order valence-electron chi connectivity index (χ4n) is 2.07. The van der Waals surface area contributed by atoms with Gasteiger partial charge in [-0.05, 0) is 24.3 Å². The number of carbonyl (C=O) groups excluding carboxylic acids is 1. The molecular formula is C16H10Cl2N2O. The second kappa shape index (κ2) is 5.72. The number of hydrogen-bond acceptors (Lipinski definition) is 2. The van der Waals surface area contributed by atoms with Crippen molar-refractivity contribution in [3.63, 3.8) is 0 Å². The van der Waals surface area contributed by atoms with Gasteiger partial charge >= 0.3 is 0 Å². The minimum absolute atomic E-state index is 0.241. The monoisotopic (exact) mass is 316 g/mol. The minimum Gasteiger partial charge on any atom is -0.320 e. The van der Waals surface area contributed by atoms with Crippen molar-refractivity contribution in [3.05, 3.63) is 70.3 Å². The normalized spacial score (nSPS) is 10.6. The Bertz CT molecular complexity index is 828. The first kappa shape index (κ1) is 13.9. The molecule has 1 N–H and O–H groups in total. The van der Waals surface area contributed by atoms with Crippen LogP contribution in [0, 0.1) is 0 Å². The van der Waals surface area contributed by atoms with E-state index in [0.29, 0.717) is 16.3 Å². The number of aromatic nitrogens is 1. The number of halogens is 2. The van der Waals surface area contributed by atoms with Crippen molar-refractivity contribution in [2.75, 3.05) is 5.32 Å². The van der Waals surface area contributed by atoms with Crippen LogP contribution in [-0.4, -0.2) is 10.9 Å². The van der Waals surface area contributed by atoms with Gasteiger partial charge in [0.15, 0.2) is 0 Å². The number of nitrogens with zero attached hydrogens (tertiary/aromatic N) is 1. The van der Waals surface area contributed by atoms with E-state index in [1.165, 1.54) is 0 Å². The second-order valence-corrected chi connectivity index (χ2v) is 5.22. The van der Waals surface area contributed by atoms with Crippen LogP contribution in [0.2, 0.25) is 10.0 Å². The van der Waals surface area contributed by atoms with Gasteiger partial charge in [-0.3, -0.25) is 9.78 Å². The van der Waals surface area contributed by atoms with Gasteiger partial charge in [-0.15, -0.1) is 0 Å². The molecule has 0 spiro atoms. The first-order valence-corrected chi connectivity index (χ1v) is 7.01. The minimum atomic E-state index is -0.319. The molecule has 0 aliphatic carbocycles. The highest BCUT2D eigenvalue weighted by molar-refractivity contribution is 6.44. The van der Waals surface area contributed by atoms with Crippen molar-refractivity contribution in [3.8, 4) is 0 Å². The summed E-state index contributed by atoms with van der Waals surface area (Å²) in [7, 11) is 0. The Morgan fingerprint density at radius 2 is 1.76 bits per heavy atom. The first-order chi connectivity index (χ1) is 10.2. The molecule has 0 fully saturated rings. The molecule has 3 aromatic rings. The zero-order valence-electron chi connectivity index (χ0n) is 10.8. The summed E-state index contributed by atoms with van der Waals surface area (Å²) in [5.74, 6) is -0.319. The van der Waals surface area contributed by atoms with Crippen LogP contribution in [0.3, 0.4) is 0 Å². The van der Waals surface area contributed by atoms with Crippen LogP contribution in [-0.2, 0) is 0 Å². The molecule has 0 bridgehead atoms. The maximum absolute atomic E-state index is 12.3. The van der Waals surface area contributed by atoms with Crippen molar-refractivity contribution in [2.45, 2.75) is 0 Å². The lowest BCUT2D eigenvalue weighted by Gasteiger charge is -2.09. The van der Waals surface area contributed by atoms with Crippen molar-refractivity contribution < 1.29 is 4.79 Å². The highest BCUT2D eigenvalue weighted by Gasteiger charge is 2.14. The summed E-state index contributed by atoms with van der Waals surface area (Å²) in [6.45, 7) is 0. The predicted octanol–water partition coefficient (Wildman–Crippen LogP) is 4.79. The molecule has 0 aliphatic rings. The van der Waals surface area contributed by atoms with Crippen LogP contribution in [0.15, 0.2) is 54.7 Å². The van der Waals surface area contributed by atoms with Crippen molar-refractivity contribution in [2.24, 2.45) is 0 Å². The van der Waals surface area contributed by atoms with Gasteiger partial charge < -0.3 is 5.32 Å². The van der Waals surface area contributed by atoms with Crippen LogP contribution in [0.1, 0.15) is 10.4 Å². The lowest BCUT2D eigenvalue weighted by molar-refractivity contribution is 0.102. The average Bonchev–Trinajstić information content (AvgIpc) is 2.50. The van der Waals surface area contributed by atoms with Gasteiger partial charge in [0.05, 0.1) is 26.8 Å². The first-order valence-electron chi connectivity index (χ1n) is 6.26. The third-order valence-corrected chi connectivity index (χ3v) is 3.90. The van der Waals surface area contributed by atoms with Gasteiger partial charge in [-0.25, -0.2) is 0 Å². The number of nitrogens with one attached hydrogen (secondary N) is 1. The molecule has 3 rings (SSSR count). The van der Waals surface area contributed by atoms with Crippen LogP contribution in [0.5, 0.6) is 0 Å². The number of benzene rings is 2. The topological polar surface area (TPSA) is 42.0 Å². The van der Waals surface area contributed by atoms with E-state index < -0.39 is 0 Å². The fourth-order valence-corrected chi connectivity index (χ4v) is 2.46. The van der Waals surface area contributed by atoms with Crippen LogP contribution >= 0.6 is 23.2 Å². The quantitative estimate of drug-likeness (QED) is 0.738. The molecule has 5 heteroatoms. The molecule has 0 aliphatic heterocycles. The molecule has 104 valence electrons. The Morgan fingerprint density at radius 3 is 2.62 bits per heavy atom.